The monoisotopic (exact) mass is 151 g/mol. The van der Waals surface area contributed by atoms with E-state index >= 15 is 0 Å². The second-order valence-corrected chi connectivity index (χ2v) is 2.81. The Balaban J connectivity index is 2.83. The van der Waals surface area contributed by atoms with Crippen LogP contribution in [-0.4, -0.2) is 0 Å². The lowest BCUT2D eigenvalue weighted by Gasteiger charge is -1.95. The second-order valence-electron chi connectivity index (χ2n) is 2.81. The molecule has 0 atom stereocenters. The summed E-state index contributed by atoms with van der Waals surface area (Å²) in [7, 11) is 0. The quantitative estimate of drug-likeness (QED) is 0.411. The average Bonchev–Trinajstić information content (AvgIpc) is 2.03. The lowest BCUT2D eigenvalue weighted by molar-refractivity contribution is 0.614. The lowest BCUT2D eigenvalue weighted by atomic mass is 10.1. The summed E-state index contributed by atoms with van der Waals surface area (Å²) < 4.78 is 0. The van der Waals surface area contributed by atoms with Crippen LogP contribution in [-0.2, 0) is 0 Å². The Kier molecular flexibility index (Phi) is 8.82. The van der Waals surface area contributed by atoms with E-state index in [1.807, 2.05) is 6.04 Å². The van der Waals surface area contributed by atoms with Gasteiger partial charge in [-0.1, -0.05) is 50.7 Å². The molecule has 0 spiro atoms. The molecule has 0 heterocycles. The summed E-state index contributed by atoms with van der Waals surface area (Å²) in [5.41, 5.74) is 8.15. The van der Waals surface area contributed by atoms with Crippen LogP contribution in [0, 0.1) is 12.0 Å². The zero-order chi connectivity index (χ0) is 8.36. The van der Waals surface area contributed by atoms with Crippen molar-refractivity contribution >= 4 is 0 Å². The zero-order valence-corrected chi connectivity index (χ0v) is 7.40. The minimum atomic E-state index is 0.850. The molecule has 0 aromatic rings. The van der Waals surface area contributed by atoms with Crippen molar-refractivity contribution in [2.75, 3.05) is 0 Å². The van der Waals surface area contributed by atoms with Gasteiger partial charge in [-0.2, -0.15) is 0 Å². The molecule has 0 bridgehead atoms. The SMILES string of the molecule is CCCCCCCCC#C[N]. The largest absolute Gasteiger partial charge is 0.0878 e. The van der Waals surface area contributed by atoms with Crippen molar-refractivity contribution in [2.45, 2.75) is 51.9 Å². The van der Waals surface area contributed by atoms with E-state index in [2.05, 4.69) is 12.8 Å². The molecule has 62 valence electrons. The van der Waals surface area contributed by atoms with E-state index in [0.29, 0.717) is 0 Å². The highest BCUT2D eigenvalue weighted by Gasteiger charge is 1.87. The normalized spacial score (nSPS) is 8.82. The number of unbranched alkanes of at least 4 members (excludes halogenated alkanes) is 6. The van der Waals surface area contributed by atoms with E-state index < -0.39 is 0 Å². The van der Waals surface area contributed by atoms with Gasteiger partial charge in [0.15, 0.2) is 0 Å². The third-order valence-corrected chi connectivity index (χ3v) is 1.73. The van der Waals surface area contributed by atoms with Gasteiger partial charge in [0.25, 0.3) is 0 Å². The maximum absolute atomic E-state index is 8.15. The van der Waals surface area contributed by atoms with Crippen molar-refractivity contribution < 1.29 is 0 Å². The molecular weight excluding hydrogens is 134 g/mol. The van der Waals surface area contributed by atoms with Gasteiger partial charge in [-0.3, -0.25) is 0 Å². The highest BCUT2D eigenvalue weighted by atomic mass is 14.4. The fourth-order valence-electron chi connectivity index (χ4n) is 1.05. The number of hydrogen-bond acceptors (Lipinski definition) is 0. The lowest BCUT2D eigenvalue weighted by Crippen LogP contribution is -1.77. The molecule has 1 heteroatoms. The summed E-state index contributed by atoms with van der Waals surface area (Å²) in [5.74, 6) is 2.64. The van der Waals surface area contributed by atoms with Crippen molar-refractivity contribution in [1.29, 1.82) is 0 Å². The zero-order valence-electron chi connectivity index (χ0n) is 7.40. The third kappa shape index (κ3) is 9.36. The summed E-state index contributed by atoms with van der Waals surface area (Å²) in [5, 5.41) is 0. The summed E-state index contributed by atoms with van der Waals surface area (Å²) in [4.78, 5) is 0. The van der Waals surface area contributed by atoms with Crippen molar-refractivity contribution in [2.24, 2.45) is 0 Å². The van der Waals surface area contributed by atoms with Gasteiger partial charge in [0, 0.05) is 6.42 Å². The molecule has 0 saturated carbocycles. The molecule has 0 aliphatic rings. The molecule has 2 radical (unpaired) electrons. The van der Waals surface area contributed by atoms with Crippen LogP contribution in [0.25, 0.3) is 0 Å². The topological polar surface area (TPSA) is 22.3 Å². The first-order valence-corrected chi connectivity index (χ1v) is 4.53. The summed E-state index contributed by atoms with van der Waals surface area (Å²) >= 11 is 0. The van der Waals surface area contributed by atoms with Crippen molar-refractivity contribution in [3.05, 3.63) is 0 Å². The minimum absolute atomic E-state index is 0.850. The van der Waals surface area contributed by atoms with Crippen LogP contribution in [0.15, 0.2) is 0 Å². The van der Waals surface area contributed by atoms with Crippen LogP contribution >= 0.6 is 0 Å². The first kappa shape index (κ1) is 10.4. The molecule has 0 fully saturated rings. The van der Waals surface area contributed by atoms with Crippen molar-refractivity contribution in [3.63, 3.8) is 0 Å². The molecule has 0 rings (SSSR count). The minimum Gasteiger partial charge on any atom is -0.0878 e. The Hall–Kier alpha value is -0.640. The molecule has 0 unspecified atom stereocenters. The van der Waals surface area contributed by atoms with E-state index in [-0.39, 0.29) is 0 Å². The van der Waals surface area contributed by atoms with Crippen LogP contribution in [0.1, 0.15) is 51.9 Å². The van der Waals surface area contributed by atoms with Gasteiger partial charge in [0.1, 0.15) is 0 Å². The predicted octanol–water partition coefficient (Wildman–Crippen LogP) is 2.77. The molecule has 0 aromatic carbocycles. The third-order valence-electron chi connectivity index (χ3n) is 1.73. The Bertz CT molecular complexity index is 119. The van der Waals surface area contributed by atoms with E-state index in [1.54, 1.807) is 0 Å². The molecular formula is C10H17N. The highest BCUT2D eigenvalue weighted by molar-refractivity contribution is 4.92. The predicted molar refractivity (Wildman–Crippen MR) is 47.9 cm³/mol. The van der Waals surface area contributed by atoms with Gasteiger partial charge >= 0.3 is 0 Å². The van der Waals surface area contributed by atoms with E-state index in [1.165, 1.54) is 32.1 Å². The molecule has 0 amide bonds. The Morgan fingerprint density at radius 1 is 1.00 bits per heavy atom. The summed E-state index contributed by atoms with van der Waals surface area (Å²) in [6, 6.07) is 1.92. The van der Waals surface area contributed by atoms with Crippen LogP contribution in [0.3, 0.4) is 0 Å². The van der Waals surface area contributed by atoms with Gasteiger partial charge in [-0.15, -0.1) is 0 Å². The first-order chi connectivity index (χ1) is 5.41. The summed E-state index contributed by atoms with van der Waals surface area (Å²) in [6.45, 7) is 2.22. The van der Waals surface area contributed by atoms with Gasteiger partial charge in [-0.25, -0.2) is 0 Å². The highest BCUT2D eigenvalue weighted by Crippen LogP contribution is 2.05. The van der Waals surface area contributed by atoms with Crippen molar-refractivity contribution in [1.82, 2.24) is 5.73 Å². The smallest absolute Gasteiger partial charge is 0.0584 e. The standard InChI is InChI=1S/C10H17N/c1-2-3-4-5-6-7-8-9-10-11/h2-8H2,1H3. The van der Waals surface area contributed by atoms with E-state index in [9.17, 15) is 0 Å². The van der Waals surface area contributed by atoms with Crippen molar-refractivity contribution in [3.8, 4) is 12.0 Å². The Morgan fingerprint density at radius 2 is 1.64 bits per heavy atom. The maximum atomic E-state index is 8.15. The van der Waals surface area contributed by atoms with E-state index in [4.69, 9.17) is 5.73 Å². The van der Waals surface area contributed by atoms with Crippen LogP contribution in [0.4, 0.5) is 0 Å². The molecule has 0 aliphatic heterocycles. The second kappa shape index (κ2) is 9.36. The van der Waals surface area contributed by atoms with E-state index in [0.717, 1.165) is 12.8 Å². The van der Waals surface area contributed by atoms with Gasteiger partial charge < -0.3 is 0 Å². The molecule has 1 nitrogen and oxygen atoms in total. The number of hydrogen-bond donors (Lipinski definition) is 0. The fraction of sp³-hybridized carbons (Fsp3) is 0.800. The first-order valence-electron chi connectivity index (χ1n) is 4.53. The number of rotatable bonds is 6. The summed E-state index contributed by atoms with van der Waals surface area (Å²) in [6.07, 6.45) is 8.57. The molecule has 0 aliphatic carbocycles. The molecule has 0 aromatic heterocycles. The average molecular weight is 151 g/mol. The molecule has 0 N–H and O–H groups in total. The van der Waals surface area contributed by atoms with Crippen LogP contribution in [0.5, 0.6) is 0 Å². The molecule has 0 saturated heterocycles. The fourth-order valence-corrected chi connectivity index (χ4v) is 1.05. The van der Waals surface area contributed by atoms with Crippen LogP contribution in [0.2, 0.25) is 0 Å². The van der Waals surface area contributed by atoms with Gasteiger partial charge in [-0.05, 0) is 6.42 Å². The Labute approximate surface area is 70.4 Å². The molecule has 11 heavy (non-hydrogen) atoms. The van der Waals surface area contributed by atoms with Gasteiger partial charge in [0.05, 0.1) is 6.04 Å². The van der Waals surface area contributed by atoms with Crippen LogP contribution < -0.4 is 5.73 Å². The maximum Gasteiger partial charge on any atom is 0.0584 e. The Morgan fingerprint density at radius 3 is 2.27 bits per heavy atom. The number of nitrogens with zero attached hydrogens (tertiary/aromatic N) is 1. The van der Waals surface area contributed by atoms with Gasteiger partial charge in [0.2, 0.25) is 0 Å².